The van der Waals surface area contributed by atoms with E-state index in [1.54, 1.807) is 0 Å². The average Bonchev–Trinajstić information content (AvgIpc) is 1.69. The first-order valence-corrected chi connectivity index (χ1v) is 4.58. The number of rotatable bonds is 4. The van der Waals surface area contributed by atoms with Crippen LogP contribution in [0.2, 0.25) is 10.6 Å². The van der Waals surface area contributed by atoms with Gasteiger partial charge in [-0.3, -0.25) is 0 Å². The van der Waals surface area contributed by atoms with Crippen LogP contribution in [0.15, 0.2) is 0 Å². The average molecular weight is 230 g/mol. The summed E-state index contributed by atoms with van der Waals surface area (Å²) in [5.41, 5.74) is 0. The van der Waals surface area contributed by atoms with Gasteiger partial charge in [0.05, 0.1) is 0 Å². The molecular weight excluding hydrogens is 222 g/mol. The fourth-order valence-corrected chi connectivity index (χ4v) is 0.714. The molecule has 0 atom stereocenters. The van der Waals surface area contributed by atoms with Crippen molar-refractivity contribution in [2.24, 2.45) is 0 Å². The molecule has 0 aliphatic rings. The Bertz CT molecular complexity index is 28.9. The number of ether oxygens (including phenoxy) is 1. The Kier molecular flexibility index (Phi) is 8.00. The van der Waals surface area contributed by atoms with Gasteiger partial charge in [-0.05, 0) is 0 Å². The van der Waals surface area contributed by atoms with Crippen molar-refractivity contribution >= 4 is 32.0 Å². The van der Waals surface area contributed by atoms with Crippen LogP contribution in [-0.4, -0.2) is 45.2 Å². The summed E-state index contributed by atoms with van der Waals surface area (Å²) in [6, 6.07) is 0. The Balaban J connectivity index is 2.45. The van der Waals surface area contributed by atoms with E-state index in [-0.39, 0.29) is 0 Å². The molecule has 0 aliphatic heterocycles. The first-order valence-electron chi connectivity index (χ1n) is 2.15. The Morgan fingerprint density at radius 1 is 1.00 bits per heavy atom. The van der Waals surface area contributed by atoms with E-state index in [0.29, 0.717) is 0 Å². The van der Waals surface area contributed by atoms with Gasteiger partial charge >= 0.3 is 60.6 Å². The van der Waals surface area contributed by atoms with Crippen LogP contribution in [0.25, 0.3) is 0 Å². The van der Waals surface area contributed by atoms with Gasteiger partial charge in [-0.1, -0.05) is 0 Å². The van der Waals surface area contributed by atoms with E-state index in [1.165, 1.54) is 0 Å². The van der Waals surface area contributed by atoms with Gasteiger partial charge in [0.25, 0.3) is 0 Å². The normalized spacial score (nSPS) is 9.43. The van der Waals surface area contributed by atoms with E-state index in [4.69, 9.17) is 4.74 Å². The van der Waals surface area contributed by atoms with Crippen molar-refractivity contribution in [3.05, 3.63) is 0 Å². The van der Waals surface area contributed by atoms with Crippen molar-refractivity contribution < 1.29 is 4.74 Å². The molecule has 0 aromatic rings. The van der Waals surface area contributed by atoms with Crippen LogP contribution in [0, 0.1) is 0 Å². The fourth-order valence-electron chi connectivity index (χ4n) is 0.220. The number of hydrogen-bond donors (Lipinski definition) is 0. The summed E-state index contributed by atoms with van der Waals surface area (Å²) >= 11 is 5.73. The molecule has 0 saturated heterocycles. The first kappa shape index (κ1) is 8.00. The maximum atomic E-state index is 5.07. The molecular formula is C4H8OSe2. The Morgan fingerprint density at radius 2 is 1.43 bits per heavy atom. The predicted octanol–water partition coefficient (Wildman–Crippen LogP) is 0.177. The SMILES string of the molecule is [Se]CCOCC[Se]. The molecule has 0 spiro atoms. The molecule has 42 valence electrons. The second kappa shape index (κ2) is 7.00. The van der Waals surface area contributed by atoms with Crippen molar-refractivity contribution in [3.8, 4) is 0 Å². The van der Waals surface area contributed by atoms with Gasteiger partial charge in [0.15, 0.2) is 0 Å². The molecule has 0 amide bonds. The zero-order chi connectivity index (χ0) is 5.54. The van der Waals surface area contributed by atoms with Gasteiger partial charge in [0.1, 0.15) is 0 Å². The van der Waals surface area contributed by atoms with Gasteiger partial charge in [-0.15, -0.1) is 0 Å². The quantitative estimate of drug-likeness (QED) is 0.494. The van der Waals surface area contributed by atoms with Crippen molar-refractivity contribution in [3.63, 3.8) is 0 Å². The van der Waals surface area contributed by atoms with Gasteiger partial charge in [0, 0.05) is 0 Å². The van der Waals surface area contributed by atoms with E-state index in [9.17, 15) is 0 Å². The summed E-state index contributed by atoms with van der Waals surface area (Å²) in [6.07, 6.45) is 0. The van der Waals surface area contributed by atoms with Crippen LogP contribution < -0.4 is 0 Å². The van der Waals surface area contributed by atoms with Crippen LogP contribution in [0.4, 0.5) is 0 Å². The molecule has 1 nitrogen and oxygen atoms in total. The third-order valence-electron chi connectivity index (χ3n) is 0.455. The summed E-state index contributed by atoms with van der Waals surface area (Å²) < 4.78 is 5.07. The zero-order valence-electron chi connectivity index (χ0n) is 4.05. The van der Waals surface area contributed by atoms with Crippen molar-refractivity contribution in [2.45, 2.75) is 10.6 Å². The zero-order valence-corrected chi connectivity index (χ0v) is 7.48. The summed E-state index contributed by atoms with van der Waals surface area (Å²) in [4.78, 5) is 0. The van der Waals surface area contributed by atoms with Crippen molar-refractivity contribution in [1.29, 1.82) is 0 Å². The molecule has 0 fully saturated rings. The second-order valence-electron chi connectivity index (χ2n) is 1.02. The Labute approximate surface area is 60.8 Å². The third kappa shape index (κ3) is 7.00. The maximum absolute atomic E-state index is 5.07. The van der Waals surface area contributed by atoms with E-state index >= 15 is 0 Å². The minimum atomic E-state index is 0.849. The predicted molar refractivity (Wildman–Crippen MR) is 31.9 cm³/mol. The summed E-state index contributed by atoms with van der Waals surface area (Å²) in [5.74, 6) is 0. The van der Waals surface area contributed by atoms with Gasteiger partial charge in [-0.25, -0.2) is 0 Å². The van der Waals surface area contributed by atoms with E-state index in [1.807, 2.05) is 0 Å². The standard InChI is InChI=1S/C4H8OSe2/c6-3-1-5-2-4-7/h1-4H2. The first-order chi connectivity index (χ1) is 3.41. The molecule has 0 saturated carbocycles. The summed E-state index contributed by atoms with van der Waals surface area (Å²) in [6.45, 7) is 1.70. The van der Waals surface area contributed by atoms with Crippen molar-refractivity contribution in [1.82, 2.24) is 0 Å². The molecule has 0 unspecified atom stereocenters. The molecule has 0 N–H and O–H groups in total. The molecule has 0 aliphatic carbocycles. The molecule has 0 bridgehead atoms. The second-order valence-corrected chi connectivity index (χ2v) is 2.73. The van der Waals surface area contributed by atoms with E-state index in [0.717, 1.165) is 23.9 Å². The fraction of sp³-hybridized carbons (Fsp3) is 1.00. The molecule has 0 rings (SSSR count). The van der Waals surface area contributed by atoms with Crippen LogP contribution in [-0.2, 0) is 4.74 Å². The van der Waals surface area contributed by atoms with Gasteiger partial charge in [-0.2, -0.15) is 0 Å². The Hall–Kier alpha value is 0.999. The third-order valence-corrected chi connectivity index (χ3v) is 1.15. The van der Waals surface area contributed by atoms with E-state index in [2.05, 4.69) is 32.0 Å². The molecule has 0 heterocycles. The van der Waals surface area contributed by atoms with Crippen LogP contribution in [0.3, 0.4) is 0 Å². The summed E-state index contributed by atoms with van der Waals surface area (Å²) in [5, 5.41) is 2.00. The Morgan fingerprint density at radius 3 is 1.71 bits per heavy atom. The van der Waals surface area contributed by atoms with Crippen LogP contribution in [0.1, 0.15) is 0 Å². The molecule has 2 radical (unpaired) electrons. The van der Waals surface area contributed by atoms with Gasteiger partial charge in [0.2, 0.25) is 0 Å². The number of hydrogen-bond acceptors (Lipinski definition) is 1. The topological polar surface area (TPSA) is 9.23 Å². The van der Waals surface area contributed by atoms with Crippen LogP contribution in [0.5, 0.6) is 0 Å². The van der Waals surface area contributed by atoms with E-state index < -0.39 is 0 Å². The minimum absolute atomic E-state index is 0.849. The molecule has 7 heavy (non-hydrogen) atoms. The molecule has 3 heteroatoms. The van der Waals surface area contributed by atoms with Gasteiger partial charge < -0.3 is 0 Å². The monoisotopic (exact) mass is 232 g/mol. The summed E-state index contributed by atoms with van der Waals surface area (Å²) in [7, 11) is 0. The molecule has 0 aromatic carbocycles. The molecule has 0 aromatic heterocycles. The van der Waals surface area contributed by atoms with Crippen LogP contribution >= 0.6 is 0 Å². The van der Waals surface area contributed by atoms with Crippen molar-refractivity contribution in [2.75, 3.05) is 13.2 Å².